The number of benzene rings is 1. The molecule has 0 bridgehead atoms. The number of guanidine groups is 1. The number of ether oxygens (including phenoxy) is 1. The van der Waals surface area contributed by atoms with Crippen LogP contribution >= 0.6 is 24.0 Å². The van der Waals surface area contributed by atoms with Gasteiger partial charge in [0.15, 0.2) is 5.96 Å². The molecular weight excluding hydrogens is 527 g/mol. The van der Waals surface area contributed by atoms with E-state index in [0.717, 1.165) is 44.4 Å². The smallest absolute Gasteiger partial charge is 0.191 e. The molecule has 0 radical (unpaired) electrons. The first-order valence-electron chi connectivity index (χ1n) is 12.3. The van der Waals surface area contributed by atoms with Crippen LogP contribution in [0.15, 0.2) is 29.3 Å². The third kappa shape index (κ3) is 9.22. The number of hydrogen-bond donors (Lipinski definition) is 2. The fourth-order valence-electron chi connectivity index (χ4n) is 4.73. The molecule has 0 aliphatic carbocycles. The van der Waals surface area contributed by atoms with Gasteiger partial charge in [0.2, 0.25) is 0 Å². The van der Waals surface area contributed by atoms with Crippen molar-refractivity contribution in [2.24, 2.45) is 10.9 Å². The van der Waals surface area contributed by atoms with E-state index in [1.165, 1.54) is 51.0 Å². The molecular formula is C25H45IN6O. The van der Waals surface area contributed by atoms with Crippen LogP contribution < -0.4 is 15.4 Å². The van der Waals surface area contributed by atoms with E-state index < -0.39 is 0 Å². The maximum atomic E-state index is 5.36. The van der Waals surface area contributed by atoms with Crippen molar-refractivity contribution in [2.75, 3.05) is 80.1 Å². The summed E-state index contributed by atoms with van der Waals surface area (Å²) in [4.78, 5) is 12.1. The number of hydrogen-bond acceptors (Lipinski definition) is 5. The number of rotatable bonds is 9. The number of halogens is 1. The van der Waals surface area contributed by atoms with Gasteiger partial charge in [-0.05, 0) is 56.6 Å². The quantitative estimate of drug-likeness (QED) is 0.270. The van der Waals surface area contributed by atoms with Crippen molar-refractivity contribution in [3.63, 3.8) is 0 Å². The minimum absolute atomic E-state index is 0. The molecule has 2 aliphatic rings. The van der Waals surface area contributed by atoms with Crippen molar-refractivity contribution in [1.82, 2.24) is 25.3 Å². The number of nitrogens with zero attached hydrogens (tertiary/aromatic N) is 4. The molecule has 7 nitrogen and oxygen atoms in total. The normalized spacial score (nSPS) is 20.5. The molecule has 2 atom stereocenters. The average Bonchev–Trinajstić information content (AvgIpc) is 2.83. The summed E-state index contributed by atoms with van der Waals surface area (Å²) in [7, 11) is 5.80. The van der Waals surface area contributed by atoms with Gasteiger partial charge in [-0.25, -0.2) is 0 Å². The Kier molecular flexibility index (Phi) is 12.8. The standard InChI is InChI=1S/C25H44N6O.HI/c1-21(20-30-16-14-29(3)15-17-30)18-27-25(26-2)28-19-24(31-12-6-5-7-13-31)22-8-10-23(32-4)11-9-22;/h8-11,21,24H,5-7,12-20H2,1-4H3,(H2,26,27,28);1H. The highest BCUT2D eigenvalue weighted by Gasteiger charge is 2.23. The number of piperidine rings is 1. The summed E-state index contributed by atoms with van der Waals surface area (Å²) in [5.41, 5.74) is 1.33. The van der Waals surface area contributed by atoms with Gasteiger partial charge in [-0.15, -0.1) is 24.0 Å². The zero-order valence-electron chi connectivity index (χ0n) is 21.1. The fraction of sp³-hybridized carbons (Fsp3) is 0.720. The van der Waals surface area contributed by atoms with Gasteiger partial charge in [-0.2, -0.15) is 0 Å². The van der Waals surface area contributed by atoms with E-state index >= 15 is 0 Å². The lowest BCUT2D eigenvalue weighted by Gasteiger charge is -2.35. The molecule has 0 spiro atoms. The predicted molar refractivity (Wildman–Crippen MR) is 149 cm³/mol. The molecule has 8 heteroatoms. The van der Waals surface area contributed by atoms with Crippen molar-refractivity contribution >= 4 is 29.9 Å². The van der Waals surface area contributed by atoms with E-state index in [1.54, 1.807) is 7.11 Å². The summed E-state index contributed by atoms with van der Waals surface area (Å²) in [6.07, 6.45) is 3.90. The van der Waals surface area contributed by atoms with Crippen molar-refractivity contribution in [3.8, 4) is 5.75 Å². The summed E-state index contributed by atoms with van der Waals surface area (Å²) in [5.74, 6) is 2.38. The number of likely N-dealkylation sites (N-methyl/N-ethyl adjacent to an activating group) is 1. The molecule has 188 valence electrons. The lowest BCUT2D eigenvalue weighted by Crippen LogP contribution is -2.48. The highest BCUT2D eigenvalue weighted by molar-refractivity contribution is 14.0. The number of piperazine rings is 1. The first kappa shape index (κ1) is 28.1. The Hall–Kier alpha value is -1.10. The van der Waals surface area contributed by atoms with Crippen molar-refractivity contribution < 1.29 is 4.74 Å². The first-order chi connectivity index (χ1) is 15.6. The maximum absolute atomic E-state index is 5.36. The predicted octanol–water partition coefficient (Wildman–Crippen LogP) is 2.89. The zero-order valence-corrected chi connectivity index (χ0v) is 23.4. The van der Waals surface area contributed by atoms with E-state index in [0.29, 0.717) is 12.0 Å². The van der Waals surface area contributed by atoms with Gasteiger partial charge in [-0.3, -0.25) is 9.89 Å². The van der Waals surface area contributed by atoms with Crippen LogP contribution in [0.5, 0.6) is 5.75 Å². The molecule has 0 amide bonds. The van der Waals surface area contributed by atoms with Gasteiger partial charge in [0, 0.05) is 52.9 Å². The van der Waals surface area contributed by atoms with Crippen LogP contribution in [0.2, 0.25) is 0 Å². The summed E-state index contributed by atoms with van der Waals surface area (Å²) in [6.45, 7) is 12.3. The van der Waals surface area contributed by atoms with Crippen LogP contribution in [0, 0.1) is 5.92 Å². The van der Waals surface area contributed by atoms with E-state index in [4.69, 9.17) is 4.74 Å². The van der Waals surface area contributed by atoms with Crippen molar-refractivity contribution in [3.05, 3.63) is 29.8 Å². The Morgan fingerprint density at radius 1 is 0.970 bits per heavy atom. The Labute approximate surface area is 218 Å². The monoisotopic (exact) mass is 572 g/mol. The summed E-state index contributed by atoms with van der Waals surface area (Å²) >= 11 is 0. The van der Waals surface area contributed by atoms with Crippen LogP contribution in [-0.4, -0.2) is 101 Å². The third-order valence-electron chi connectivity index (χ3n) is 6.80. The summed E-state index contributed by atoms with van der Waals surface area (Å²) in [5, 5.41) is 7.16. The lowest BCUT2D eigenvalue weighted by molar-refractivity contribution is 0.139. The number of methoxy groups -OCH3 is 1. The van der Waals surface area contributed by atoms with Gasteiger partial charge in [0.1, 0.15) is 5.75 Å². The molecule has 1 aromatic rings. The zero-order chi connectivity index (χ0) is 22.8. The molecule has 3 rings (SSSR count). The van der Waals surface area contributed by atoms with Crippen LogP contribution in [0.1, 0.15) is 37.8 Å². The summed E-state index contributed by atoms with van der Waals surface area (Å²) in [6, 6.07) is 8.88. The number of likely N-dealkylation sites (tertiary alicyclic amines) is 1. The Bertz CT molecular complexity index is 687. The van der Waals surface area contributed by atoms with Gasteiger partial charge in [0.05, 0.1) is 13.2 Å². The van der Waals surface area contributed by atoms with Crippen LogP contribution in [0.25, 0.3) is 0 Å². The van der Waals surface area contributed by atoms with Gasteiger partial charge < -0.3 is 25.2 Å². The topological polar surface area (TPSA) is 55.4 Å². The number of aliphatic imine (C=N–C) groups is 1. The maximum Gasteiger partial charge on any atom is 0.191 e. The highest BCUT2D eigenvalue weighted by atomic mass is 127. The van der Waals surface area contributed by atoms with Crippen molar-refractivity contribution in [1.29, 1.82) is 0 Å². The van der Waals surface area contributed by atoms with E-state index in [2.05, 4.69) is 68.6 Å². The molecule has 2 unspecified atom stereocenters. The molecule has 2 fully saturated rings. The lowest BCUT2D eigenvalue weighted by atomic mass is 10.0. The average molecular weight is 573 g/mol. The Balaban J connectivity index is 0.00000385. The minimum atomic E-state index is 0. The van der Waals surface area contributed by atoms with E-state index in [1.807, 2.05) is 7.05 Å². The molecule has 2 aliphatic heterocycles. The molecule has 0 aromatic heterocycles. The molecule has 33 heavy (non-hydrogen) atoms. The van der Waals surface area contributed by atoms with Gasteiger partial charge >= 0.3 is 0 Å². The largest absolute Gasteiger partial charge is 0.497 e. The van der Waals surface area contributed by atoms with Crippen LogP contribution in [0.4, 0.5) is 0 Å². The minimum Gasteiger partial charge on any atom is -0.497 e. The highest BCUT2D eigenvalue weighted by Crippen LogP contribution is 2.25. The van der Waals surface area contributed by atoms with E-state index in [-0.39, 0.29) is 24.0 Å². The second kappa shape index (κ2) is 15.0. The van der Waals surface area contributed by atoms with Gasteiger partial charge in [0.25, 0.3) is 0 Å². The third-order valence-corrected chi connectivity index (χ3v) is 6.80. The van der Waals surface area contributed by atoms with Gasteiger partial charge in [-0.1, -0.05) is 25.5 Å². The molecule has 1 aromatic carbocycles. The fourth-order valence-corrected chi connectivity index (χ4v) is 4.73. The van der Waals surface area contributed by atoms with Crippen LogP contribution in [0.3, 0.4) is 0 Å². The van der Waals surface area contributed by atoms with Crippen molar-refractivity contribution in [2.45, 2.75) is 32.2 Å². The number of nitrogens with one attached hydrogen (secondary N) is 2. The Morgan fingerprint density at radius 3 is 2.21 bits per heavy atom. The van der Waals surface area contributed by atoms with E-state index in [9.17, 15) is 0 Å². The Morgan fingerprint density at radius 2 is 1.61 bits per heavy atom. The molecule has 2 heterocycles. The van der Waals surface area contributed by atoms with Crippen LogP contribution in [-0.2, 0) is 0 Å². The second-order valence-corrected chi connectivity index (χ2v) is 9.43. The first-order valence-corrected chi connectivity index (χ1v) is 12.3. The SMILES string of the molecule is CN=C(NCC(C)CN1CCN(C)CC1)NCC(c1ccc(OC)cc1)N1CCCCC1.I. The molecule has 2 saturated heterocycles. The summed E-state index contributed by atoms with van der Waals surface area (Å²) < 4.78 is 5.36. The molecule has 0 saturated carbocycles. The second-order valence-electron chi connectivity index (χ2n) is 9.43. The molecule has 2 N–H and O–H groups in total.